The lowest BCUT2D eigenvalue weighted by molar-refractivity contribution is -0.138. The normalized spacial score (nSPS) is 13.9. The number of nitrogens with zero attached hydrogens (tertiary/aromatic N) is 1. The molecule has 1 atom stereocenters. The van der Waals surface area contributed by atoms with Crippen LogP contribution in [0.1, 0.15) is 52.6 Å². The molecule has 0 bridgehead atoms. The number of aliphatic carboxylic acids is 1. The summed E-state index contributed by atoms with van der Waals surface area (Å²) in [6.45, 7) is 4.44. The number of amides is 2. The van der Waals surface area contributed by atoms with Crippen LogP contribution in [0.25, 0.3) is 0 Å². The Morgan fingerprint density at radius 3 is 2.38 bits per heavy atom. The smallest absolute Gasteiger partial charge is 0.305 e. The molecule has 0 aliphatic carbocycles. The zero-order valence-corrected chi connectivity index (χ0v) is 16.2. The number of benzene rings is 2. The summed E-state index contributed by atoms with van der Waals surface area (Å²) >= 11 is 0. The van der Waals surface area contributed by atoms with Gasteiger partial charge in [-0.25, -0.2) is 0 Å². The molecule has 0 aromatic heterocycles. The van der Waals surface area contributed by atoms with Gasteiger partial charge < -0.3 is 20.3 Å². The Morgan fingerprint density at radius 1 is 1.07 bits per heavy atom. The first-order valence-corrected chi connectivity index (χ1v) is 9.26. The number of carboxylic acids is 1. The summed E-state index contributed by atoms with van der Waals surface area (Å²) in [5.41, 5.74) is 6.79. The summed E-state index contributed by atoms with van der Waals surface area (Å²) in [6, 6.07) is 8.49. The lowest BCUT2D eigenvalue weighted by Gasteiger charge is -2.26. The number of hydrogen-bond donors (Lipinski definition) is 2. The monoisotopic (exact) mass is 398 g/mol. The second-order valence-electron chi connectivity index (χ2n) is 6.44. The van der Waals surface area contributed by atoms with Crippen LogP contribution in [0, 0.1) is 0 Å². The molecule has 1 unspecified atom stereocenters. The summed E-state index contributed by atoms with van der Waals surface area (Å²) in [5.74, 6) is -1.42. The number of imide groups is 1. The van der Waals surface area contributed by atoms with Crippen molar-refractivity contribution in [2.75, 3.05) is 18.9 Å². The second-order valence-corrected chi connectivity index (χ2v) is 6.44. The van der Waals surface area contributed by atoms with Gasteiger partial charge in [-0.15, -0.1) is 0 Å². The molecule has 8 heteroatoms. The van der Waals surface area contributed by atoms with Gasteiger partial charge in [0.1, 0.15) is 0 Å². The van der Waals surface area contributed by atoms with Crippen LogP contribution in [-0.4, -0.2) is 41.0 Å². The number of carbonyl (C=O) groups is 3. The van der Waals surface area contributed by atoms with Crippen LogP contribution in [0.5, 0.6) is 11.5 Å². The minimum Gasteiger partial charge on any atom is -0.490 e. The third kappa shape index (κ3) is 3.73. The molecule has 2 amide bonds. The van der Waals surface area contributed by atoms with E-state index in [2.05, 4.69) is 0 Å². The van der Waals surface area contributed by atoms with E-state index in [1.807, 2.05) is 13.8 Å². The summed E-state index contributed by atoms with van der Waals surface area (Å²) in [4.78, 5) is 38.4. The van der Waals surface area contributed by atoms with E-state index in [9.17, 15) is 19.5 Å². The van der Waals surface area contributed by atoms with Gasteiger partial charge in [-0.1, -0.05) is 12.1 Å². The molecule has 1 heterocycles. The van der Waals surface area contributed by atoms with Gasteiger partial charge in [0.15, 0.2) is 11.5 Å². The molecule has 0 spiro atoms. The maximum atomic E-state index is 13.0. The molecule has 152 valence electrons. The maximum absolute atomic E-state index is 13.0. The van der Waals surface area contributed by atoms with Crippen LogP contribution in [-0.2, 0) is 4.79 Å². The Hall–Kier alpha value is -3.55. The van der Waals surface area contributed by atoms with Crippen molar-refractivity contribution in [3.63, 3.8) is 0 Å². The summed E-state index contributed by atoms with van der Waals surface area (Å²) in [7, 11) is 0. The molecule has 29 heavy (non-hydrogen) atoms. The highest BCUT2D eigenvalue weighted by Gasteiger charge is 2.42. The first-order valence-electron chi connectivity index (χ1n) is 9.26. The maximum Gasteiger partial charge on any atom is 0.305 e. The molecule has 3 rings (SSSR count). The highest BCUT2D eigenvalue weighted by atomic mass is 16.5. The number of carbonyl (C=O) groups excluding carboxylic acids is 2. The first kappa shape index (κ1) is 20.2. The number of rotatable bonds is 8. The fraction of sp³-hybridized carbons (Fsp3) is 0.286. The topological polar surface area (TPSA) is 119 Å². The predicted molar refractivity (Wildman–Crippen MR) is 105 cm³/mol. The van der Waals surface area contributed by atoms with Gasteiger partial charge in [0.25, 0.3) is 11.8 Å². The van der Waals surface area contributed by atoms with Crippen molar-refractivity contribution in [2.45, 2.75) is 26.3 Å². The van der Waals surface area contributed by atoms with Gasteiger partial charge in [-0.2, -0.15) is 0 Å². The van der Waals surface area contributed by atoms with Gasteiger partial charge in [0.05, 0.1) is 36.8 Å². The van der Waals surface area contributed by atoms with Crippen LogP contribution in [0.15, 0.2) is 36.4 Å². The number of nitrogens with two attached hydrogens (primary N) is 1. The van der Waals surface area contributed by atoms with E-state index in [0.29, 0.717) is 30.3 Å². The van der Waals surface area contributed by atoms with Crippen molar-refractivity contribution in [3.05, 3.63) is 53.1 Å². The second kappa shape index (κ2) is 8.22. The van der Waals surface area contributed by atoms with Crippen molar-refractivity contribution in [3.8, 4) is 11.5 Å². The van der Waals surface area contributed by atoms with Crippen molar-refractivity contribution in [1.82, 2.24) is 4.90 Å². The van der Waals surface area contributed by atoms with E-state index in [0.717, 1.165) is 4.90 Å². The van der Waals surface area contributed by atoms with Crippen LogP contribution < -0.4 is 15.2 Å². The number of anilines is 1. The largest absolute Gasteiger partial charge is 0.490 e. The fourth-order valence-electron chi connectivity index (χ4n) is 3.41. The quantitative estimate of drug-likeness (QED) is 0.518. The van der Waals surface area contributed by atoms with E-state index in [-0.39, 0.29) is 16.8 Å². The molecule has 0 saturated heterocycles. The van der Waals surface area contributed by atoms with Gasteiger partial charge in [0, 0.05) is 5.69 Å². The molecule has 2 aromatic carbocycles. The molecule has 3 N–H and O–H groups in total. The van der Waals surface area contributed by atoms with Gasteiger partial charge in [0.2, 0.25) is 0 Å². The number of nitrogen functional groups attached to an aromatic ring is 1. The Kier molecular flexibility index (Phi) is 5.72. The van der Waals surface area contributed by atoms with Crippen LogP contribution in [0.4, 0.5) is 5.69 Å². The first-order chi connectivity index (χ1) is 13.9. The van der Waals surface area contributed by atoms with Crippen LogP contribution in [0.3, 0.4) is 0 Å². The molecular weight excluding hydrogens is 376 g/mol. The van der Waals surface area contributed by atoms with E-state index < -0.39 is 30.2 Å². The Labute approximate surface area is 167 Å². The molecule has 0 radical (unpaired) electrons. The van der Waals surface area contributed by atoms with Crippen molar-refractivity contribution < 1.29 is 29.0 Å². The zero-order chi connectivity index (χ0) is 21.1. The predicted octanol–water partition coefficient (Wildman–Crippen LogP) is 2.88. The molecular formula is C21H22N2O6. The lowest BCUT2D eigenvalue weighted by atomic mass is 10.0. The van der Waals surface area contributed by atoms with Crippen molar-refractivity contribution >= 4 is 23.5 Å². The van der Waals surface area contributed by atoms with Gasteiger partial charge >= 0.3 is 5.97 Å². The molecule has 1 aliphatic heterocycles. The standard InChI is InChI=1S/C21H22N2O6/c1-3-28-16-9-8-12(10-17(16)29-4-2)15(11-18(24)25)23-20(26)13-6-5-7-14(22)19(13)21(23)27/h5-10,15H,3-4,11,22H2,1-2H3,(H,24,25). The van der Waals surface area contributed by atoms with E-state index in [4.69, 9.17) is 15.2 Å². The van der Waals surface area contributed by atoms with Gasteiger partial charge in [-0.3, -0.25) is 19.3 Å². The Balaban J connectivity index is 2.07. The highest BCUT2D eigenvalue weighted by Crippen LogP contribution is 2.38. The van der Waals surface area contributed by atoms with Gasteiger partial charge in [-0.05, 0) is 43.7 Å². The zero-order valence-electron chi connectivity index (χ0n) is 16.2. The molecule has 0 fully saturated rings. The number of fused-ring (bicyclic) bond motifs is 1. The number of hydrogen-bond acceptors (Lipinski definition) is 6. The molecule has 0 saturated carbocycles. The highest BCUT2D eigenvalue weighted by molar-refractivity contribution is 6.23. The molecule has 8 nitrogen and oxygen atoms in total. The van der Waals surface area contributed by atoms with E-state index in [1.165, 1.54) is 12.1 Å². The van der Waals surface area contributed by atoms with E-state index in [1.54, 1.807) is 24.3 Å². The minimum absolute atomic E-state index is 0.101. The summed E-state index contributed by atoms with van der Waals surface area (Å²) in [5, 5.41) is 9.43. The SMILES string of the molecule is CCOc1ccc(C(CC(=O)O)N2C(=O)c3cccc(N)c3C2=O)cc1OCC. The lowest BCUT2D eigenvalue weighted by Crippen LogP contribution is -2.35. The Morgan fingerprint density at radius 2 is 1.76 bits per heavy atom. The number of carboxylic acid groups (broad SMARTS) is 1. The molecule has 1 aliphatic rings. The average Bonchev–Trinajstić information content (AvgIpc) is 2.93. The molecule has 2 aromatic rings. The summed E-state index contributed by atoms with van der Waals surface area (Å²) < 4.78 is 11.1. The Bertz CT molecular complexity index is 972. The van der Waals surface area contributed by atoms with Crippen LogP contribution in [0.2, 0.25) is 0 Å². The van der Waals surface area contributed by atoms with Crippen LogP contribution >= 0.6 is 0 Å². The average molecular weight is 398 g/mol. The van der Waals surface area contributed by atoms with E-state index >= 15 is 0 Å². The van der Waals surface area contributed by atoms with Crippen molar-refractivity contribution in [1.29, 1.82) is 0 Å². The third-order valence-corrected chi connectivity index (χ3v) is 4.61. The number of ether oxygens (including phenoxy) is 2. The van der Waals surface area contributed by atoms with Crippen molar-refractivity contribution in [2.24, 2.45) is 0 Å². The third-order valence-electron chi connectivity index (χ3n) is 4.61. The minimum atomic E-state index is -1.15. The summed E-state index contributed by atoms with van der Waals surface area (Å²) in [6.07, 6.45) is -0.453. The fourth-order valence-corrected chi connectivity index (χ4v) is 3.41.